The van der Waals surface area contributed by atoms with Crippen molar-refractivity contribution in [2.24, 2.45) is 0 Å². The van der Waals surface area contributed by atoms with E-state index in [2.05, 4.69) is 0 Å². The highest BCUT2D eigenvalue weighted by atomic mass is 16.5. The molecule has 0 bridgehead atoms. The number of ether oxygens (including phenoxy) is 1. The molecule has 1 saturated carbocycles. The van der Waals surface area contributed by atoms with Gasteiger partial charge >= 0.3 is 0 Å². The summed E-state index contributed by atoms with van der Waals surface area (Å²) in [6.07, 6.45) is 4.79. The molecule has 0 amide bonds. The number of rotatable bonds is 3. The number of methoxy groups -OCH3 is 1. The minimum atomic E-state index is -0.169. The molecule has 0 unspecified atom stereocenters. The van der Waals surface area contributed by atoms with E-state index in [-0.39, 0.29) is 17.1 Å². The fourth-order valence-electron chi connectivity index (χ4n) is 2.63. The van der Waals surface area contributed by atoms with E-state index in [9.17, 15) is 9.90 Å². The van der Waals surface area contributed by atoms with Gasteiger partial charge in [-0.3, -0.25) is 4.79 Å². The number of phenolic OH excluding ortho intramolecular Hbond substituents is 1. The van der Waals surface area contributed by atoms with Crippen LogP contribution in [0.25, 0.3) is 0 Å². The quantitative estimate of drug-likeness (QED) is 0.816. The van der Waals surface area contributed by atoms with Gasteiger partial charge in [-0.2, -0.15) is 0 Å². The van der Waals surface area contributed by atoms with Crippen LogP contribution in [0.5, 0.6) is 11.5 Å². The summed E-state index contributed by atoms with van der Waals surface area (Å²) in [6.45, 7) is 1.44. The Labute approximate surface area is 101 Å². The van der Waals surface area contributed by atoms with Crippen molar-refractivity contribution >= 4 is 5.78 Å². The number of carbonyl (C=O) groups excluding carboxylic acids is 1. The van der Waals surface area contributed by atoms with Crippen molar-refractivity contribution in [3.8, 4) is 11.5 Å². The van der Waals surface area contributed by atoms with Crippen LogP contribution in [0.4, 0.5) is 0 Å². The predicted molar refractivity (Wildman–Crippen MR) is 65.9 cm³/mol. The summed E-state index contributed by atoms with van der Waals surface area (Å²) in [4.78, 5) is 11.4. The van der Waals surface area contributed by atoms with E-state index in [4.69, 9.17) is 4.74 Å². The average molecular weight is 234 g/mol. The summed E-state index contributed by atoms with van der Waals surface area (Å²) < 4.78 is 5.21. The third-order valence-electron chi connectivity index (χ3n) is 3.50. The summed E-state index contributed by atoms with van der Waals surface area (Å²) in [5.41, 5.74) is 1.37. The molecule has 0 aromatic heterocycles. The van der Waals surface area contributed by atoms with Crippen molar-refractivity contribution in [1.82, 2.24) is 0 Å². The van der Waals surface area contributed by atoms with E-state index in [1.54, 1.807) is 6.07 Å². The third kappa shape index (κ3) is 2.28. The van der Waals surface area contributed by atoms with Crippen LogP contribution in [-0.4, -0.2) is 18.0 Å². The van der Waals surface area contributed by atoms with Gasteiger partial charge in [0.15, 0.2) is 5.78 Å². The Balaban J connectivity index is 2.43. The van der Waals surface area contributed by atoms with Gasteiger partial charge in [0, 0.05) is 0 Å². The molecule has 0 spiro atoms. The number of Topliss-reactive ketones (excluding diaryl/α,β-unsaturated/α-hetero) is 1. The Morgan fingerprint density at radius 3 is 2.53 bits per heavy atom. The molecule has 1 N–H and O–H groups in total. The molecule has 3 nitrogen and oxygen atoms in total. The van der Waals surface area contributed by atoms with Gasteiger partial charge in [-0.05, 0) is 43.4 Å². The monoisotopic (exact) mass is 234 g/mol. The standard InChI is InChI=1S/C14H18O3/c1-9(15)14-12(16)7-11(8-13(14)17-2)10-5-3-4-6-10/h7-8,10,16H,3-6H2,1-2H3. The number of ketones is 1. The van der Waals surface area contributed by atoms with Crippen molar-refractivity contribution in [3.63, 3.8) is 0 Å². The Morgan fingerprint density at radius 2 is 2.00 bits per heavy atom. The first-order valence-electron chi connectivity index (χ1n) is 6.05. The summed E-state index contributed by atoms with van der Waals surface area (Å²) >= 11 is 0. The lowest BCUT2D eigenvalue weighted by atomic mass is 9.94. The largest absolute Gasteiger partial charge is 0.507 e. The van der Waals surface area contributed by atoms with Crippen molar-refractivity contribution in [2.75, 3.05) is 7.11 Å². The van der Waals surface area contributed by atoms with Crippen LogP contribution in [0, 0.1) is 0 Å². The molecule has 2 rings (SSSR count). The summed E-state index contributed by atoms with van der Waals surface area (Å²) in [6, 6.07) is 3.61. The van der Waals surface area contributed by atoms with Crippen LogP contribution in [0.3, 0.4) is 0 Å². The fourth-order valence-corrected chi connectivity index (χ4v) is 2.63. The molecule has 1 aliphatic carbocycles. The minimum absolute atomic E-state index is 0.0405. The van der Waals surface area contributed by atoms with Gasteiger partial charge in [-0.15, -0.1) is 0 Å². The molecule has 0 radical (unpaired) electrons. The SMILES string of the molecule is COc1cc(C2CCCC2)cc(O)c1C(C)=O. The molecule has 1 aromatic carbocycles. The maximum Gasteiger partial charge on any atom is 0.167 e. The van der Waals surface area contributed by atoms with Crippen LogP contribution in [0.1, 0.15) is 54.4 Å². The molecule has 0 aliphatic heterocycles. The molecule has 3 heteroatoms. The molecule has 1 fully saturated rings. The molecular formula is C14H18O3. The van der Waals surface area contributed by atoms with E-state index in [0.29, 0.717) is 11.7 Å². The first kappa shape index (κ1) is 12.0. The van der Waals surface area contributed by atoms with Gasteiger partial charge in [0.05, 0.1) is 7.11 Å². The predicted octanol–water partition coefficient (Wildman–Crippen LogP) is 3.26. The topological polar surface area (TPSA) is 46.5 Å². The zero-order valence-corrected chi connectivity index (χ0v) is 10.3. The molecule has 0 atom stereocenters. The maximum atomic E-state index is 11.4. The second kappa shape index (κ2) is 4.78. The molecule has 17 heavy (non-hydrogen) atoms. The number of aromatic hydroxyl groups is 1. The maximum absolute atomic E-state index is 11.4. The van der Waals surface area contributed by atoms with Crippen LogP contribution in [0.15, 0.2) is 12.1 Å². The number of hydrogen-bond donors (Lipinski definition) is 1. The second-order valence-corrected chi connectivity index (χ2v) is 4.65. The van der Waals surface area contributed by atoms with Gasteiger partial charge in [0.25, 0.3) is 0 Å². The van der Waals surface area contributed by atoms with Crippen LogP contribution < -0.4 is 4.74 Å². The first-order valence-corrected chi connectivity index (χ1v) is 6.05. The summed E-state index contributed by atoms with van der Waals surface area (Å²) in [7, 11) is 1.53. The highest BCUT2D eigenvalue weighted by Gasteiger charge is 2.21. The van der Waals surface area contributed by atoms with E-state index < -0.39 is 0 Å². The minimum Gasteiger partial charge on any atom is -0.507 e. The molecular weight excluding hydrogens is 216 g/mol. The number of hydrogen-bond acceptors (Lipinski definition) is 3. The van der Waals surface area contributed by atoms with Gasteiger partial charge in [0.1, 0.15) is 17.1 Å². The fraction of sp³-hybridized carbons (Fsp3) is 0.500. The Morgan fingerprint density at radius 1 is 1.35 bits per heavy atom. The lowest BCUT2D eigenvalue weighted by Gasteiger charge is -2.14. The lowest BCUT2D eigenvalue weighted by molar-refractivity contribution is 0.101. The number of carbonyl (C=O) groups is 1. The normalized spacial score (nSPS) is 16.1. The van der Waals surface area contributed by atoms with E-state index >= 15 is 0 Å². The van der Waals surface area contributed by atoms with E-state index in [1.807, 2.05) is 6.07 Å². The van der Waals surface area contributed by atoms with E-state index in [1.165, 1.54) is 26.9 Å². The second-order valence-electron chi connectivity index (χ2n) is 4.65. The van der Waals surface area contributed by atoms with Crippen molar-refractivity contribution in [3.05, 3.63) is 23.3 Å². The van der Waals surface area contributed by atoms with Crippen LogP contribution >= 0.6 is 0 Å². The molecule has 0 saturated heterocycles. The smallest absolute Gasteiger partial charge is 0.167 e. The first-order chi connectivity index (χ1) is 8.13. The third-order valence-corrected chi connectivity index (χ3v) is 3.50. The Hall–Kier alpha value is -1.51. The van der Waals surface area contributed by atoms with Gasteiger partial charge in [0.2, 0.25) is 0 Å². The highest BCUT2D eigenvalue weighted by molar-refractivity contribution is 5.99. The van der Waals surface area contributed by atoms with Crippen molar-refractivity contribution < 1.29 is 14.6 Å². The zero-order chi connectivity index (χ0) is 12.4. The van der Waals surface area contributed by atoms with Gasteiger partial charge in [-0.25, -0.2) is 0 Å². The number of benzene rings is 1. The Kier molecular flexibility index (Phi) is 3.36. The molecule has 1 aromatic rings. The summed E-state index contributed by atoms with van der Waals surface area (Å²) in [5, 5.41) is 9.93. The van der Waals surface area contributed by atoms with Gasteiger partial charge < -0.3 is 9.84 Å². The van der Waals surface area contributed by atoms with Gasteiger partial charge in [-0.1, -0.05) is 12.8 Å². The van der Waals surface area contributed by atoms with Crippen LogP contribution in [-0.2, 0) is 0 Å². The number of phenols is 1. The highest BCUT2D eigenvalue weighted by Crippen LogP contribution is 2.39. The molecule has 0 heterocycles. The zero-order valence-electron chi connectivity index (χ0n) is 10.3. The van der Waals surface area contributed by atoms with E-state index in [0.717, 1.165) is 18.4 Å². The van der Waals surface area contributed by atoms with Crippen molar-refractivity contribution in [1.29, 1.82) is 0 Å². The van der Waals surface area contributed by atoms with Crippen LogP contribution in [0.2, 0.25) is 0 Å². The molecule has 1 aliphatic rings. The Bertz CT molecular complexity index is 431. The average Bonchev–Trinajstić information content (AvgIpc) is 2.80. The molecule has 92 valence electrons. The summed E-state index contributed by atoms with van der Waals surface area (Å²) in [5.74, 6) is 0.853. The lowest BCUT2D eigenvalue weighted by Crippen LogP contribution is -2.01. The van der Waals surface area contributed by atoms with Crippen molar-refractivity contribution in [2.45, 2.75) is 38.5 Å².